The zero-order valence-electron chi connectivity index (χ0n) is 13.5. The van der Waals surface area contributed by atoms with Crippen LogP contribution in [0.2, 0.25) is 0 Å². The molecule has 23 heavy (non-hydrogen) atoms. The van der Waals surface area contributed by atoms with Crippen molar-refractivity contribution in [1.82, 2.24) is 15.0 Å². The van der Waals surface area contributed by atoms with Gasteiger partial charge in [-0.15, -0.1) is 0 Å². The molecule has 3 rings (SSSR count). The summed E-state index contributed by atoms with van der Waals surface area (Å²) in [6.07, 6.45) is 4.35. The summed E-state index contributed by atoms with van der Waals surface area (Å²) >= 11 is 0. The molecule has 2 aromatic heterocycles. The fourth-order valence-electron chi connectivity index (χ4n) is 2.94. The molecule has 4 nitrogen and oxygen atoms in total. The topological polar surface area (TPSA) is 61.8 Å². The summed E-state index contributed by atoms with van der Waals surface area (Å²) in [5.74, 6) is 0.166. The molecular weight excluding hydrogens is 286 g/mol. The van der Waals surface area contributed by atoms with Gasteiger partial charge < -0.3 is 10.1 Å². The molecule has 1 atom stereocenters. The van der Waals surface area contributed by atoms with Crippen molar-refractivity contribution in [3.8, 4) is 0 Å². The monoisotopic (exact) mass is 307 g/mol. The van der Waals surface area contributed by atoms with Gasteiger partial charge in [0.2, 0.25) is 0 Å². The summed E-state index contributed by atoms with van der Waals surface area (Å²) in [6, 6.07) is 12.2. The number of hydrogen-bond acceptors (Lipinski definition) is 3. The smallest absolute Gasteiger partial charge is 0.0921 e. The summed E-state index contributed by atoms with van der Waals surface area (Å²) in [4.78, 5) is 12.0. The van der Waals surface area contributed by atoms with Gasteiger partial charge in [-0.2, -0.15) is 0 Å². The molecule has 0 bridgehead atoms. The maximum absolute atomic E-state index is 9.30. The lowest BCUT2D eigenvalue weighted by atomic mass is 9.87. The minimum absolute atomic E-state index is 0.0357. The number of benzene rings is 1. The van der Waals surface area contributed by atoms with Crippen LogP contribution in [0.15, 0.2) is 48.9 Å². The average Bonchev–Trinajstić information content (AvgIpc) is 3.10. The van der Waals surface area contributed by atoms with Crippen LogP contribution in [-0.2, 0) is 13.0 Å². The Labute approximate surface area is 136 Å². The second kappa shape index (κ2) is 6.75. The van der Waals surface area contributed by atoms with Gasteiger partial charge in [-0.25, -0.2) is 4.98 Å². The third-order valence-electron chi connectivity index (χ3n) is 4.36. The van der Waals surface area contributed by atoms with E-state index in [4.69, 9.17) is 0 Å². The van der Waals surface area contributed by atoms with Crippen molar-refractivity contribution in [3.63, 3.8) is 0 Å². The number of nitrogens with zero attached hydrogens (tertiary/aromatic N) is 2. The van der Waals surface area contributed by atoms with Crippen molar-refractivity contribution in [2.75, 3.05) is 0 Å². The number of aromatic nitrogens is 3. The van der Waals surface area contributed by atoms with Crippen molar-refractivity contribution in [1.29, 1.82) is 0 Å². The number of pyridine rings is 1. The molecule has 0 aliphatic heterocycles. The lowest BCUT2D eigenvalue weighted by molar-refractivity contribution is 0.276. The first-order valence-corrected chi connectivity index (χ1v) is 7.79. The number of H-pyrrole nitrogens is 1. The molecule has 0 radical (unpaired) electrons. The van der Waals surface area contributed by atoms with Gasteiger partial charge in [-0.3, -0.25) is 4.98 Å². The van der Waals surface area contributed by atoms with Gasteiger partial charge in [0.1, 0.15) is 0 Å². The van der Waals surface area contributed by atoms with Crippen LogP contribution in [0, 0.1) is 13.8 Å². The summed E-state index contributed by atoms with van der Waals surface area (Å²) in [6.45, 7) is 4.26. The number of nitrogens with one attached hydrogen (secondary N) is 1. The van der Waals surface area contributed by atoms with Crippen LogP contribution in [0.1, 0.15) is 39.7 Å². The van der Waals surface area contributed by atoms with E-state index >= 15 is 0 Å². The molecule has 0 amide bonds. The minimum Gasteiger partial charge on any atom is -0.390 e. The van der Waals surface area contributed by atoms with E-state index in [1.54, 1.807) is 6.33 Å². The first kappa shape index (κ1) is 15.4. The average molecular weight is 307 g/mol. The second-order valence-electron chi connectivity index (χ2n) is 5.83. The van der Waals surface area contributed by atoms with Crippen LogP contribution in [0.4, 0.5) is 0 Å². The molecule has 2 heterocycles. The Bertz CT molecular complexity index is 781. The SMILES string of the molecule is Cc1cccc([C@@H](Cc2cccc(CO)n2)c2cnc[nH]2)c1C. The number of aryl methyl sites for hydroxylation is 1. The lowest BCUT2D eigenvalue weighted by Gasteiger charge is -2.19. The van der Waals surface area contributed by atoms with Gasteiger partial charge in [0.15, 0.2) is 0 Å². The third-order valence-corrected chi connectivity index (χ3v) is 4.36. The maximum Gasteiger partial charge on any atom is 0.0921 e. The van der Waals surface area contributed by atoms with Crippen molar-refractivity contribution in [2.45, 2.75) is 32.8 Å². The molecule has 0 aliphatic rings. The number of aromatic amines is 1. The molecule has 4 heteroatoms. The van der Waals surface area contributed by atoms with Crippen LogP contribution < -0.4 is 0 Å². The standard InChI is InChI=1S/C19H21N3O/c1-13-5-3-8-17(14(13)2)18(19-10-20-12-21-19)9-15-6-4-7-16(11-23)22-15/h3-8,10,12,18,23H,9,11H2,1-2H3,(H,20,21)/t18-/m1/s1. The zero-order valence-corrected chi connectivity index (χ0v) is 13.5. The van der Waals surface area contributed by atoms with Crippen LogP contribution >= 0.6 is 0 Å². The van der Waals surface area contributed by atoms with E-state index in [2.05, 4.69) is 47.0 Å². The first-order chi connectivity index (χ1) is 11.2. The Morgan fingerprint density at radius 3 is 2.61 bits per heavy atom. The van der Waals surface area contributed by atoms with Crippen LogP contribution in [-0.4, -0.2) is 20.1 Å². The maximum atomic E-state index is 9.30. The molecule has 118 valence electrons. The molecular formula is C19H21N3O. The normalized spacial score (nSPS) is 12.3. The number of aliphatic hydroxyl groups is 1. The number of imidazole rings is 1. The molecule has 0 saturated carbocycles. The Morgan fingerprint density at radius 1 is 1.09 bits per heavy atom. The van der Waals surface area contributed by atoms with Crippen molar-refractivity contribution in [2.24, 2.45) is 0 Å². The summed E-state index contributed by atoms with van der Waals surface area (Å²) in [5.41, 5.74) is 6.61. The number of aliphatic hydroxyl groups excluding tert-OH is 1. The first-order valence-electron chi connectivity index (χ1n) is 7.79. The zero-order chi connectivity index (χ0) is 16.2. The van der Waals surface area contributed by atoms with Gasteiger partial charge in [0, 0.05) is 29.9 Å². The molecule has 0 unspecified atom stereocenters. The molecule has 3 aromatic rings. The molecule has 0 saturated heterocycles. The molecule has 0 aliphatic carbocycles. The van der Waals surface area contributed by atoms with E-state index in [0.717, 1.165) is 17.8 Å². The Balaban J connectivity index is 2.01. The third kappa shape index (κ3) is 3.32. The van der Waals surface area contributed by atoms with E-state index in [0.29, 0.717) is 5.69 Å². The molecule has 2 N–H and O–H groups in total. The Kier molecular flexibility index (Phi) is 4.53. The Hall–Kier alpha value is -2.46. The van der Waals surface area contributed by atoms with Gasteiger partial charge in [-0.05, 0) is 42.7 Å². The van der Waals surface area contributed by atoms with Gasteiger partial charge in [0.25, 0.3) is 0 Å². The predicted molar refractivity (Wildman–Crippen MR) is 90.2 cm³/mol. The predicted octanol–water partition coefficient (Wildman–Crippen LogP) is 3.29. The van der Waals surface area contributed by atoms with Crippen LogP contribution in [0.25, 0.3) is 0 Å². The highest BCUT2D eigenvalue weighted by Crippen LogP contribution is 2.30. The lowest BCUT2D eigenvalue weighted by Crippen LogP contribution is -2.10. The van der Waals surface area contributed by atoms with Crippen molar-refractivity contribution in [3.05, 3.63) is 82.7 Å². The minimum atomic E-state index is -0.0357. The van der Waals surface area contributed by atoms with E-state index in [1.807, 2.05) is 24.4 Å². The van der Waals surface area contributed by atoms with E-state index in [1.165, 1.54) is 16.7 Å². The highest BCUT2D eigenvalue weighted by Gasteiger charge is 2.19. The quantitative estimate of drug-likeness (QED) is 0.760. The van der Waals surface area contributed by atoms with E-state index in [9.17, 15) is 5.11 Å². The van der Waals surface area contributed by atoms with Crippen molar-refractivity contribution < 1.29 is 5.11 Å². The fourth-order valence-corrected chi connectivity index (χ4v) is 2.94. The van der Waals surface area contributed by atoms with E-state index in [-0.39, 0.29) is 12.5 Å². The van der Waals surface area contributed by atoms with Gasteiger partial charge in [0.05, 0.1) is 18.6 Å². The van der Waals surface area contributed by atoms with Gasteiger partial charge >= 0.3 is 0 Å². The highest BCUT2D eigenvalue weighted by atomic mass is 16.3. The Morgan fingerprint density at radius 2 is 1.87 bits per heavy atom. The van der Waals surface area contributed by atoms with Gasteiger partial charge in [-0.1, -0.05) is 24.3 Å². The van der Waals surface area contributed by atoms with Crippen LogP contribution in [0.5, 0.6) is 0 Å². The van der Waals surface area contributed by atoms with Crippen molar-refractivity contribution >= 4 is 0 Å². The summed E-state index contributed by atoms with van der Waals surface area (Å²) in [5, 5.41) is 9.30. The number of rotatable bonds is 5. The fraction of sp³-hybridized carbons (Fsp3) is 0.263. The van der Waals surface area contributed by atoms with Crippen LogP contribution in [0.3, 0.4) is 0 Å². The largest absolute Gasteiger partial charge is 0.390 e. The highest BCUT2D eigenvalue weighted by molar-refractivity contribution is 5.40. The molecule has 0 fully saturated rings. The number of hydrogen-bond donors (Lipinski definition) is 2. The van der Waals surface area contributed by atoms with E-state index < -0.39 is 0 Å². The summed E-state index contributed by atoms with van der Waals surface area (Å²) in [7, 11) is 0. The summed E-state index contributed by atoms with van der Waals surface area (Å²) < 4.78 is 0. The molecule has 1 aromatic carbocycles. The molecule has 0 spiro atoms. The second-order valence-corrected chi connectivity index (χ2v) is 5.83.